The number of benzene rings is 2. The van der Waals surface area contributed by atoms with Crippen molar-refractivity contribution >= 4 is 0 Å². The van der Waals surface area contributed by atoms with Gasteiger partial charge in [0.15, 0.2) is 0 Å². The first-order chi connectivity index (χ1) is 9.60. The summed E-state index contributed by atoms with van der Waals surface area (Å²) in [6.07, 6.45) is 0.182. The summed E-state index contributed by atoms with van der Waals surface area (Å²) in [6, 6.07) is 16.4. The van der Waals surface area contributed by atoms with E-state index in [-0.39, 0.29) is 12.1 Å². The first-order valence-electron chi connectivity index (χ1n) is 6.89. The minimum Gasteiger partial charge on any atom is -0.491 e. The molecule has 1 atom stereocenters. The highest BCUT2D eigenvalue weighted by atomic mass is 16.5. The van der Waals surface area contributed by atoms with Gasteiger partial charge in [0.05, 0.1) is 12.1 Å². The second-order valence-corrected chi connectivity index (χ2v) is 5.25. The Morgan fingerprint density at radius 2 is 1.70 bits per heavy atom. The fourth-order valence-corrected chi connectivity index (χ4v) is 2.25. The van der Waals surface area contributed by atoms with Crippen LogP contribution in [-0.2, 0) is 0 Å². The molecule has 2 aromatic carbocycles. The first-order valence-corrected chi connectivity index (χ1v) is 6.89. The third-order valence-electron chi connectivity index (χ3n) is 3.13. The van der Waals surface area contributed by atoms with E-state index >= 15 is 0 Å². The lowest BCUT2D eigenvalue weighted by atomic mass is 9.98. The third-order valence-corrected chi connectivity index (χ3v) is 3.13. The third kappa shape index (κ3) is 3.59. The lowest BCUT2D eigenvalue weighted by Gasteiger charge is -2.18. The van der Waals surface area contributed by atoms with Gasteiger partial charge in [-0.15, -0.1) is 0 Å². The molecule has 3 N–H and O–H groups in total. The van der Waals surface area contributed by atoms with Crippen LogP contribution in [0.1, 0.15) is 36.6 Å². The van der Waals surface area contributed by atoms with Gasteiger partial charge in [0.1, 0.15) is 5.75 Å². The van der Waals surface area contributed by atoms with Gasteiger partial charge in [-0.25, -0.2) is 5.43 Å². The Morgan fingerprint density at radius 1 is 1.00 bits per heavy atom. The number of hydrogen-bond acceptors (Lipinski definition) is 3. The summed E-state index contributed by atoms with van der Waals surface area (Å²) in [5, 5.41) is 0. The Bertz CT molecular complexity index is 549. The van der Waals surface area contributed by atoms with Crippen molar-refractivity contribution in [3.63, 3.8) is 0 Å². The smallest absolute Gasteiger partial charge is 0.119 e. The zero-order chi connectivity index (χ0) is 14.5. The number of hydrogen-bond donors (Lipinski definition) is 2. The van der Waals surface area contributed by atoms with Crippen LogP contribution in [0.4, 0.5) is 0 Å². The van der Waals surface area contributed by atoms with Gasteiger partial charge in [0, 0.05) is 0 Å². The molecule has 3 heteroatoms. The predicted octanol–water partition coefficient (Wildman–Crippen LogP) is 3.33. The van der Waals surface area contributed by atoms with Crippen LogP contribution in [0.25, 0.3) is 0 Å². The number of aryl methyl sites for hydroxylation is 1. The van der Waals surface area contributed by atoms with E-state index < -0.39 is 0 Å². The second-order valence-electron chi connectivity index (χ2n) is 5.25. The Morgan fingerprint density at radius 3 is 2.25 bits per heavy atom. The van der Waals surface area contributed by atoms with Crippen LogP contribution >= 0.6 is 0 Å². The Hall–Kier alpha value is -1.84. The number of nitrogens with one attached hydrogen (secondary N) is 1. The minimum absolute atomic E-state index is 0.0111. The summed E-state index contributed by atoms with van der Waals surface area (Å²) in [7, 11) is 0. The summed E-state index contributed by atoms with van der Waals surface area (Å²) in [6.45, 7) is 6.12. The normalized spacial score (nSPS) is 12.4. The van der Waals surface area contributed by atoms with Gasteiger partial charge in [-0.1, -0.05) is 42.0 Å². The van der Waals surface area contributed by atoms with Crippen LogP contribution < -0.4 is 16.0 Å². The summed E-state index contributed by atoms with van der Waals surface area (Å²) in [5.74, 6) is 6.60. The monoisotopic (exact) mass is 270 g/mol. The molecule has 0 aromatic heterocycles. The fourth-order valence-electron chi connectivity index (χ4n) is 2.25. The van der Waals surface area contributed by atoms with Crippen molar-refractivity contribution < 1.29 is 4.74 Å². The van der Waals surface area contributed by atoms with E-state index in [1.54, 1.807) is 0 Å². The highest BCUT2D eigenvalue weighted by Gasteiger charge is 2.12. The maximum Gasteiger partial charge on any atom is 0.119 e. The average Bonchev–Trinajstić information content (AvgIpc) is 2.41. The highest BCUT2D eigenvalue weighted by Crippen LogP contribution is 2.24. The Balaban J connectivity index is 2.23. The molecule has 0 spiro atoms. The van der Waals surface area contributed by atoms with Crippen LogP contribution in [0.2, 0.25) is 0 Å². The molecule has 20 heavy (non-hydrogen) atoms. The van der Waals surface area contributed by atoms with E-state index in [4.69, 9.17) is 10.6 Å². The van der Waals surface area contributed by atoms with Crippen molar-refractivity contribution in [3.05, 3.63) is 65.2 Å². The zero-order valence-electron chi connectivity index (χ0n) is 12.3. The summed E-state index contributed by atoms with van der Waals surface area (Å²) >= 11 is 0. The Labute approximate surface area is 120 Å². The van der Waals surface area contributed by atoms with E-state index in [2.05, 4.69) is 30.5 Å². The average molecular weight is 270 g/mol. The maximum absolute atomic E-state index is 5.72. The number of ether oxygens (including phenoxy) is 1. The maximum atomic E-state index is 5.72. The van der Waals surface area contributed by atoms with Gasteiger partial charge in [0.25, 0.3) is 0 Å². The predicted molar refractivity (Wildman–Crippen MR) is 82.6 cm³/mol. The van der Waals surface area contributed by atoms with E-state index in [9.17, 15) is 0 Å². The molecule has 0 radical (unpaired) electrons. The summed E-state index contributed by atoms with van der Waals surface area (Å²) in [4.78, 5) is 0. The standard InChI is InChI=1S/C17H22N2O/c1-12(2)20-16-9-7-14(8-10-16)17(19-18)15-6-4-5-13(3)11-15/h4-12,17,19H,18H2,1-3H3. The molecule has 2 aromatic rings. The molecule has 0 saturated heterocycles. The number of rotatable bonds is 5. The molecule has 0 aliphatic rings. The lowest BCUT2D eigenvalue weighted by molar-refractivity contribution is 0.242. The van der Waals surface area contributed by atoms with Crippen LogP contribution in [0.15, 0.2) is 48.5 Å². The van der Waals surface area contributed by atoms with Gasteiger partial charge in [-0.05, 0) is 44.0 Å². The molecular formula is C17H22N2O. The largest absolute Gasteiger partial charge is 0.491 e. The highest BCUT2D eigenvalue weighted by molar-refractivity contribution is 5.36. The molecule has 0 aliphatic heterocycles. The molecule has 0 fully saturated rings. The van der Waals surface area contributed by atoms with Crippen molar-refractivity contribution in [2.75, 3.05) is 0 Å². The summed E-state index contributed by atoms with van der Waals surface area (Å²) < 4.78 is 5.66. The van der Waals surface area contributed by atoms with Gasteiger partial charge >= 0.3 is 0 Å². The molecule has 0 bridgehead atoms. The van der Waals surface area contributed by atoms with Crippen LogP contribution in [0.5, 0.6) is 5.75 Å². The quantitative estimate of drug-likeness (QED) is 0.647. The molecule has 0 heterocycles. The summed E-state index contributed by atoms with van der Waals surface area (Å²) in [5.41, 5.74) is 6.38. The van der Waals surface area contributed by atoms with E-state index in [0.717, 1.165) is 16.9 Å². The molecule has 0 amide bonds. The molecule has 0 aliphatic carbocycles. The van der Waals surface area contributed by atoms with Crippen LogP contribution in [0, 0.1) is 6.92 Å². The minimum atomic E-state index is -0.0111. The molecule has 1 unspecified atom stereocenters. The number of nitrogens with two attached hydrogens (primary N) is 1. The van der Waals surface area contributed by atoms with Crippen molar-refractivity contribution in [3.8, 4) is 5.75 Å². The van der Waals surface area contributed by atoms with Crippen molar-refractivity contribution in [1.29, 1.82) is 0 Å². The molecular weight excluding hydrogens is 248 g/mol. The van der Waals surface area contributed by atoms with Gasteiger partial charge < -0.3 is 4.74 Å². The SMILES string of the molecule is Cc1cccc(C(NN)c2ccc(OC(C)C)cc2)c1. The fraction of sp³-hybridized carbons (Fsp3) is 0.294. The van der Waals surface area contributed by atoms with Crippen molar-refractivity contribution in [2.24, 2.45) is 5.84 Å². The lowest BCUT2D eigenvalue weighted by Crippen LogP contribution is -2.28. The van der Waals surface area contributed by atoms with E-state index in [1.165, 1.54) is 5.56 Å². The molecule has 3 nitrogen and oxygen atoms in total. The number of hydrazine groups is 1. The molecule has 2 rings (SSSR count). The molecule has 0 saturated carbocycles. The van der Waals surface area contributed by atoms with Crippen molar-refractivity contribution in [2.45, 2.75) is 32.9 Å². The van der Waals surface area contributed by atoms with Crippen LogP contribution in [0.3, 0.4) is 0 Å². The van der Waals surface area contributed by atoms with Crippen LogP contribution in [-0.4, -0.2) is 6.10 Å². The van der Waals surface area contributed by atoms with Gasteiger partial charge in [-0.3, -0.25) is 5.84 Å². The Kier molecular flexibility index (Phi) is 4.77. The van der Waals surface area contributed by atoms with E-state index in [1.807, 2.05) is 44.2 Å². The zero-order valence-corrected chi connectivity index (χ0v) is 12.3. The van der Waals surface area contributed by atoms with Crippen molar-refractivity contribution in [1.82, 2.24) is 5.43 Å². The molecule has 106 valence electrons. The van der Waals surface area contributed by atoms with Gasteiger partial charge in [0.2, 0.25) is 0 Å². The van der Waals surface area contributed by atoms with Gasteiger partial charge in [-0.2, -0.15) is 0 Å². The second kappa shape index (κ2) is 6.55. The first kappa shape index (κ1) is 14.6. The topological polar surface area (TPSA) is 47.3 Å². The van der Waals surface area contributed by atoms with E-state index in [0.29, 0.717) is 0 Å².